The number of rotatable bonds is 5. The summed E-state index contributed by atoms with van der Waals surface area (Å²) in [6.07, 6.45) is 3.04. The van der Waals surface area contributed by atoms with Gasteiger partial charge in [0.2, 0.25) is 0 Å². The minimum absolute atomic E-state index is 0.129. The van der Waals surface area contributed by atoms with Gasteiger partial charge in [-0.2, -0.15) is 9.78 Å². The van der Waals surface area contributed by atoms with E-state index in [0.717, 1.165) is 25.7 Å². The Morgan fingerprint density at radius 2 is 1.73 bits per heavy atom. The van der Waals surface area contributed by atoms with Gasteiger partial charge in [-0.1, -0.05) is 24.6 Å². The number of anilines is 1. The van der Waals surface area contributed by atoms with E-state index in [9.17, 15) is 14.7 Å². The summed E-state index contributed by atoms with van der Waals surface area (Å²) >= 11 is 0. The molecule has 0 aliphatic heterocycles. The first-order chi connectivity index (χ1) is 14.6. The van der Waals surface area contributed by atoms with Crippen molar-refractivity contribution >= 4 is 11.6 Å². The van der Waals surface area contributed by atoms with Crippen molar-refractivity contribution in [3.63, 3.8) is 0 Å². The summed E-state index contributed by atoms with van der Waals surface area (Å²) in [5, 5.41) is 17.0. The van der Waals surface area contributed by atoms with Crippen LogP contribution in [0.2, 0.25) is 0 Å². The third-order valence-electron chi connectivity index (χ3n) is 5.10. The van der Waals surface area contributed by atoms with Crippen LogP contribution in [-0.2, 0) is 0 Å². The van der Waals surface area contributed by atoms with E-state index in [0.29, 0.717) is 17.1 Å². The Morgan fingerprint density at radius 3 is 2.47 bits per heavy atom. The average molecular weight is 405 g/mol. The Morgan fingerprint density at radius 1 is 1.00 bits per heavy atom. The number of hydrogen-bond donors (Lipinski definition) is 2. The summed E-state index contributed by atoms with van der Waals surface area (Å²) in [4.78, 5) is 24.7. The summed E-state index contributed by atoms with van der Waals surface area (Å²) in [7, 11) is 0. The number of aromatic nitrogens is 2. The Hall–Kier alpha value is -3.45. The zero-order chi connectivity index (χ0) is 20.9. The number of carbonyl (C=O) groups is 1. The largest absolute Gasteiger partial charge is 0.488 e. The van der Waals surface area contributed by atoms with Gasteiger partial charge in [-0.3, -0.25) is 9.59 Å². The molecule has 2 aromatic carbocycles. The van der Waals surface area contributed by atoms with Gasteiger partial charge in [0.1, 0.15) is 17.5 Å². The lowest BCUT2D eigenvalue weighted by atomic mass is 9.95. The van der Waals surface area contributed by atoms with Gasteiger partial charge < -0.3 is 15.2 Å². The number of para-hydroxylation sites is 1. The molecule has 4 rings (SSSR count). The number of aliphatic hydroxyl groups excluding tert-OH is 1. The number of hydrogen-bond acceptors (Lipinski definition) is 5. The number of ether oxygens (including phenoxy) is 1. The van der Waals surface area contributed by atoms with E-state index in [1.165, 1.54) is 16.8 Å². The second-order valence-corrected chi connectivity index (χ2v) is 7.29. The first kappa shape index (κ1) is 19.8. The van der Waals surface area contributed by atoms with Gasteiger partial charge in [0.15, 0.2) is 0 Å². The van der Waals surface area contributed by atoms with Gasteiger partial charge in [0.05, 0.1) is 11.8 Å². The van der Waals surface area contributed by atoms with Crippen molar-refractivity contribution < 1.29 is 14.6 Å². The van der Waals surface area contributed by atoms with Crippen LogP contribution in [0.5, 0.6) is 5.75 Å². The van der Waals surface area contributed by atoms with Crippen LogP contribution in [0.4, 0.5) is 5.69 Å². The first-order valence-corrected chi connectivity index (χ1v) is 10.0. The molecule has 1 amide bonds. The number of aliphatic hydroxyl groups is 1. The molecule has 1 aromatic heterocycles. The Bertz CT molecular complexity index is 1060. The molecule has 0 unspecified atom stereocenters. The maximum atomic E-state index is 12.6. The summed E-state index contributed by atoms with van der Waals surface area (Å²) in [6, 6.07) is 18.6. The molecule has 7 nitrogen and oxygen atoms in total. The van der Waals surface area contributed by atoms with Crippen LogP contribution in [0.15, 0.2) is 71.5 Å². The number of nitrogens with one attached hydrogen (secondary N) is 1. The van der Waals surface area contributed by atoms with Gasteiger partial charge in [-0.05, 0) is 61.7 Å². The molecule has 0 saturated heterocycles. The molecule has 30 heavy (non-hydrogen) atoms. The lowest BCUT2D eigenvalue weighted by Crippen LogP contribution is -2.34. The summed E-state index contributed by atoms with van der Waals surface area (Å²) in [5.74, 6) is 0.228. The first-order valence-electron chi connectivity index (χ1n) is 10.0. The Balaban J connectivity index is 1.44. The monoisotopic (exact) mass is 405 g/mol. The SMILES string of the molecule is O=C(Nc1ccc(O[C@@H]2CCCC[C@H]2O)cc1)c1ccc(=O)n(-c2ccccc2)n1. The van der Waals surface area contributed by atoms with E-state index in [-0.39, 0.29) is 17.4 Å². The molecule has 3 aromatic rings. The van der Waals surface area contributed by atoms with Crippen LogP contribution in [0.3, 0.4) is 0 Å². The molecule has 1 fully saturated rings. The van der Waals surface area contributed by atoms with Gasteiger partial charge >= 0.3 is 0 Å². The fourth-order valence-corrected chi connectivity index (χ4v) is 3.49. The van der Waals surface area contributed by atoms with Crippen molar-refractivity contribution in [2.24, 2.45) is 0 Å². The smallest absolute Gasteiger partial charge is 0.276 e. The topological polar surface area (TPSA) is 93.5 Å². The van der Waals surface area contributed by atoms with Crippen molar-refractivity contribution in [3.8, 4) is 11.4 Å². The van der Waals surface area contributed by atoms with Crippen molar-refractivity contribution in [2.75, 3.05) is 5.32 Å². The number of benzene rings is 2. The molecule has 2 N–H and O–H groups in total. The third kappa shape index (κ3) is 4.58. The van der Waals surface area contributed by atoms with Gasteiger partial charge in [-0.15, -0.1) is 0 Å². The van der Waals surface area contributed by atoms with Gasteiger partial charge in [0, 0.05) is 11.8 Å². The van der Waals surface area contributed by atoms with Crippen LogP contribution < -0.4 is 15.6 Å². The highest BCUT2D eigenvalue weighted by Gasteiger charge is 2.24. The van der Waals surface area contributed by atoms with Crippen LogP contribution in [0, 0.1) is 0 Å². The normalized spacial score (nSPS) is 18.6. The zero-order valence-electron chi connectivity index (χ0n) is 16.4. The fraction of sp³-hybridized carbons (Fsp3) is 0.261. The van der Waals surface area contributed by atoms with Gasteiger partial charge in [0.25, 0.3) is 11.5 Å². The second-order valence-electron chi connectivity index (χ2n) is 7.29. The quantitative estimate of drug-likeness (QED) is 0.680. The van der Waals surface area contributed by atoms with Crippen molar-refractivity contribution in [1.82, 2.24) is 9.78 Å². The van der Waals surface area contributed by atoms with Crippen LogP contribution in [-0.4, -0.2) is 33.0 Å². The number of amides is 1. The maximum Gasteiger partial charge on any atom is 0.276 e. The lowest BCUT2D eigenvalue weighted by Gasteiger charge is -2.28. The molecule has 1 heterocycles. The lowest BCUT2D eigenvalue weighted by molar-refractivity contribution is 0.00688. The molecular weight excluding hydrogens is 382 g/mol. The molecule has 1 aliphatic rings. The highest BCUT2D eigenvalue weighted by molar-refractivity contribution is 6.02. The standard InChI is InChI=1S/C23H23N3O4/c27-20-8-4-5-9-21(20)30-18-12-10-16(11-13-18)24-23(29)19-14-15-22(28)26(25-19)17-6-2-1-3-7-17/h1-3,6-7,10-15,20-21,27H,4-5,8-9H2,(H,24,29)/t20-,21-/m1/s1. The summed E-state index contributed by atoms with van der Waals surface area (Å²) < 4.78 is 7.07. The second kappa shape index (κ2) is 8.92. The van der Waals surface area contributed by atoms with E-state index >= 15 is 0 Å². The molecular formula is C23H23N3O4. The van der Waals surface area contributed by atoms with E-state index < -0.39 is 12.0 Å². The van der Waals surface area contributed by atoms with E-state index in [1.807, 2.05) is 6.07 Å². The highest BCUT2D eigenvalue weighted by Crippen LogP contribution is 2.25. The summed E-state index contributed by atoms with van der Waals surface area (Å²) in [6.45, 7) is 0. The average Bonchev–Trinajstić information content (AvgIpc) is 2.77. The molecule has 0 spiro atoms. The molecule has 1 aliphatic carbocycles. The molecule has 154 valence electrons. The van der Waals surface area contributed by atoms with Crippen LogP contribution >= 0.6 is 0 Å². The molecule has 0 bridgehead atoms. The number of nitrogens with zero attached hydrogens (tertiary/aromatic N) is 2. The van der Waals surface area contributed by atoms with Crippen molar-refractivity contribution in [1.29, 1.82) is 0 Å². The fourth-order valence-electron chi connectivity index (χ4n) is 3.49. The predicted octanol–water partition coefficient (Wildman–Crippen LogP) is 3.17. The van der Waals surface area contributed by atoms with Gasteiger partial charge in [-0.25, -0.2) is 0 Å². The third-order valence-corrected chi connectivity index (χ3v) is 5.10. The maximum absolute atomic E-state index is 12.6. The Labute approximate surface area is 173 Å². The molecule has 0 radical (unpaired) electrons. The highest BCUT2D eigenvalue weighted by atomic mass is 16.5. The molecule has 7 heteroatoms. The molecule has 2 atom stereocenters. The minimum atomic E-state index is -0.440. The number of carbonyl (C=O) groups excluding carboxylic acids is 1. The van der Waals surface area contributed by atoms with Crippen molar-refractivity contribution in [3.05, 3.63) is 82.8 Å². The van der Waals surface area contributed by atoms with Crippen LogP contribution in [0.25, 0.3) is 5.69 Å². The van der Waals surface area contributed by atoms with E-state index in [2.05, 4.69) is 10.4 Å². The van der Waals surface area contributed by atoms with Crippen molar-refractivity contribution in [2.45, 2.75) is 37.9 Å². The van der Waals surface area contributed by atoms with Crippen LogP contribution in [0.1, 0.15) is 36.2 Å². The minimum Gasteiger partial charge on any atom is -0.488 e. The van der Waals surface area contributed by atoms with E-state index in [4.69, 9.17) is 4.74 Å². The predicted molar refractivity (Wildman–Crippen MR) is 113 cm³/mol. The summed E-state index contributed by atoms with van der Waals surface area (Å²) in [5.41, 5.74) is 0.979. The van der Waals surface area contributed by atoms with E-state index in [1.54, 1.807) is 48.5 Å². The Kier molecular flexibility index (Phi) is 5.90. The zero-order valence-corrected chi connectivity index (χ0v) is 16.4. The molecule has 1 saturated carbocycles.